The van der Waals surface area contributed by atoms with Gasteiger partial charge < -0.3 is 21.5 Å². The lowest BCUT2D eigenvalue weighted by molar-refractivity contribution is -0.142. The van der Waals surface area contributed by atoms with Crippen molar-refractivity contribution >= 4 is 23.8 Å². The van der Waals surface area contributed by atoms with E-state index in [1.807, 2.05) is 11.8 Å². The Kier molecular flexibility index (Phi) is 5.54. The smallest absolute Gasteiger partial charge is 0.315 e. The van der Waals surface area contributed by atoms with Crippen molar-refractivity contribution in [2.45, 2.75) is 49.4 Å². The molecule has 114 valence electrons. The molecule has 2 fully saturated rings. The van der Waals surface area contributed by atoms with Crippen molar-refractivity contribution in [1.29, 1.82) is 0 Å². The van der Waals surface area contributed by atoms with Crippen LogP contribution in [-0.4, -0.2) is 46.7 Å². The molecule has 0 aliphatic carbocycles. The summed E-state index contributed by atoms with van der Waals surface area (Å²) in [5.41, 5.74) is 5.43. The minimum absolute atomic E-state index is 0.0725. The highest BCUT2D eigenvalue weighted by Gasteiger charge is 2.42. The summed E-state index contributed by atoms with van der Waals surface area (Å²) in [5, 5.41) is 15.4. The summed E-state index contributed by atoms with van der Waals surface area (Å²) in [6.45, 7) is 0.545. The number of carbonyl (C=O) groups is 2. The van der Waals surface area contributed by atoms with Gasteiger partial charge in [0.2, 0.25) is 0 Å². The fourth-order valence-electron chi connectivity index (χ4n) is 2.96. The van der Waals surface area contributed by atoms with E-state index in [9.17, 15) is 9.59 Å². The minimum atomic E-state index is -0.716. The predicted molar refractivity (Wildman–Crippen MR) is 78.8 cm³/mol. The predicted octanol–water partition coefficient (Wildman–Crippen LogP) is 0.762. The van der Waals surface area contributed by atoms with Crippen molar-refractivity contribution in [1.82, 2.24) is 10.6 Å². The molecule has 20 heavy (non-hydrogen) atoms. The van der Waals surface area contributed by atoms with Crippen LogP contribution in [0.25, 0.3) is 0 Å². The second-order valence-electron chi connectivity index (χ2n) is 5.52. The second-order valence-corrected chi connectivity index (χ2v) is 6.79. The lowest BCUT2D eigenvalue weighted by atomic mass is 9.95. The average molecular weight is 301 g/mol. The van der Waals surface area contributed by atoms with Crippen LogP contribution < -0.4 is 16.4 Å². The van der Waals surface area contributed by atoms with Gasteiger partial charge >= 0.3 is 12.0 Å². The molecule has 0 saturated carbocycles. The molecule has 2 aliphatic rings. The highest BCUT2D eigenvalue weighted by atomic mass is 32.2. The van der Waals surface area contributed by atoms with E-state index in [0.717, 1.165) is 25.0 Å². The van der Waals surface area contributed by atoms with Gasteiger partial charge in [0.1, 0.15) is 0 Å². The molecule has 2 rings (SSSR count). The molecule has 2 amide bonds. The van der Waals surface area contributed by atoms with Crippen molar-refractivity contribution < 1.29 is 14.7 Å². The number of nitrogens with one attached hydrogen (secondary N) is 2. The summed E-state index contributed by atoms with van der Waals surface area (Å²) < 4.78 is 0. The van der Waals surface area contributed by atoms with E-state index in [-0.39, 0.29) is 24.0 Å². The Bertz CT molecular complexity index is 367. The van der Waals surface area contributed by atoms with E-state index < -0.39 is 5.97 Å². The molecule has 4 atom stereocenters. The van der Waals surface area contributed by atoms with Gasteiger partial charge in [0, 0.05) is 11.0 Å². The van der Waals surface area contributed by atoms with E-state index in [2.05, 4.69) is 10.6 Å². The molecular weight excluding hydrogens is 278 g/mol. The number of rotatable bonds is 8. The van der Waals surface area contributed by atoms with Crippen molar-refractivity contribution in [3.8, 4) is 0 Å². The van der Waals surface area contributed by atoms with Crippen LogP contribution >= 0.6 is 11.8 Å². The van der Waals surface area contributed by atoms with E-state index in [0.29, 0.717) is 24.6 Å². The number of hydrogen-bond donors (Lipinski definition) is 4. The first-order valence-corrected chi connectivity index (χ1v) is 8.28. The topological polar surface area (TPSA) is 104 Å². The summed E-state index contributed by atoms with van der Waals surface area (Å²) in [6.07, 6.45) is 3.97. The molecule has 2 aliphatic heterocycles. The molecule has 0 aromatic rings. The summed E-state index contributed by atoms with van der Waals surface area (Å²) in [4.78, 5) is 22.4. The number of carboxylic acids is 1. The van der Waals surface area contributed by atoms with E-state index in [4.69, 9.17) is 10.8 Å². The second kappa shape index (κ2) is 7.17. The van der Waals surface area contributed by atoms with Gasteiger partial charge in [-0.2, -0.15) is 11.8 Å². The summed E-state index contributed by atoms with van der Waals surface area (Å²) in [7, 11) is 0. The number of fused-ring (bicyclic) bond motifs is 1. The van der Waals surface area contributed by atoms with Gasteiger partial charge in [0.15, 0.2) is 0 Å². The van der Waals surface area contributed by atoms with Crippen LogP contribution in [0.15, 0.2) is 0 Å². The van der Waals surface area contributed by atoms with Crippen molar-refractivity contribution in [3.05, 3.63) is 0 Å². The Morgan fingerprint density at radius 2 is 2.15 bits per heavy atom. The maximum absolute atomic E-state index is 11.3. The van der Waals surface area contributed by atoms with Gasteiger partial charge in [-0.05, 0) is 32.2 Å². The van der Waals surface area contributed by atoms with Crippen LogP contribution in [0.2, 0.25) is 0 Å². The lowest BCUT2D eigenvalue weighted by Gasteiger charge is -2.18. The fourth-order valence-corrected chi connectivity index (χ4v) is 4.51. The first-order chi connectivity index (χ1) is 9.61. The zero-order valence-electron chi connectivity index (χ0n) is 11.5. The standard InChI is InChI=1S/C13H23N3O3S/c14-6-2-4-8(12(17)18)3-1-5-10-11-9(7-20-10)15-13(19)16-11/h8-11H,1-7,14H2,(H,17,18)(H2,15,16,19)/t8?,9-,10-,11-/m0/s1. The van der Waals surface area contributed by atoms with Crippen LogP contribution in [-0.2, 0) is 4.79 Å². The first kappa shape index (κ1) is 15.4. The summed E-state index contributed by atoms with van der Waals surface area (Å²) in [5.74, 6) is -0.0489. The number of amides is 2. The Hall–Kier alpha value is -0.950. The van der Waals surface area contributed by atoms with Crippen molar-refractivity contribution in [2.24, 2.45) is 11.7 Å². The summed E-state index contributed by atoms with van der Waals surface area (Å²) >= 11 is 1.87. The van der Waals surface area contributed by atoms with Crippen LogP contribution in [0, 0.1) is 5.92 Å². The number of hydrogen-bond acceptors (Lipinski definition) is 4. The maximum atomic E-state index is 11.3. The maximum Gasteiger partial charge on any atom is 0.315 e. The molecule has 5 N–H and O–H groups in total. The average Bonchev–Trinajstić information content (AvgIpc) is 2.93. The van der Waals surface area contributed by atoms with Crippen molar-refractivity contribution in [3.63, 3.8) is 0 Å². The Morgan fingerprint density at radius 3 is 2.85 bits per heavy atom. The van der Waals surface area contributed by atoms with Crippen molar-refractivity contribution in [2.75, 3.05) is 12.3 Å². The number of nitrogens with two attached hydrogens (primary N) is 1. The Balaban J connectivity index is 1.72. The van der Waals surface area contributed by atoms with Crippen LogP contribution in [0.4, 0.5) is 4.79 Å². The zero-order chi connectivity index (χ0) is 14.5. The molecule has 0 aromatic heterocycles. The number of carbonyl (C=O) groups excluding carboxylic acids is 1. The third-order valence-corrected chi connectivity index (χ3v) is 5.59. The first-order valence-electron chi connectivity index (χ1n) is 7.23. The van der Waals surface area contributed by atoms with Crippen LogP contribution in [0.5, 0.6) is 0 Å². The van der Waals surface area contributed by atoms with E-state index >= 15 is 0 Å². The third kappa shape index (κ3) is 3.79. The highest BCUT2D eigenvalue weighted by Crippen LogP contribution is 2.33. The molecule has 0 bridgehead atoms. The monoisotopic (exact) mass is 301 g/mol. The molecule has 6 nitrogen and oxygen atoms in total. The molecule has 0 aromatic carbocycles. The summed E-state index contributed by atoms with van der Waals surface area (Å²) in [6, 6.07) is 0.376. The number of carboxylic acid groups (broad SMARTS) is 1. The Labute approximate surface area is 123 Å². The molecule has 7 heteroatoms. The van der Waals surface area contributed by atoms with Gasteiger partial charge in [0.05, 0.1) is 18.0 Å². The van der Waals surface area contributed by atoms with Crippen LogP contribution in [0.1, 0.15) is 32.1 Å². The normalized spacial score (nSPS) is 29.6. The van der Waals surface area contributed by atoms with Gasteiger partial charge in [0.25, 0.3) is 0 Å². The van der Waals surface area contributed by atoms with Crippen LogP contribution in [0.3, 0.4) is 0 Å². The van der Waals surface area contributed by atoms with E-state index in [1.54, 1.807) is 0 Å². The quantitative estimate of drug-likeness (QED) is 0.496. The zero-order valence-corrected chi connectivity index (χ0v) is 12.3. The molecule has 2 saturated heterocycles. The van der Waals surface area contributed by atoms with Gasteiger partial charge in [-0.25, -0.2) is 4.79 Å². The Morgan fingerprint density at radius 1 is 1.40 bits per heavy atom. The number of thioether (sulfide) groups is 1. The molecule has 2 heterocycles. The molecule has 0 spiro atoms. The van der Waals surface area contributed by atoms with Gasteiger partial charge in [-0.1, -0.05) is 6.42 Å². The van der Waals surface area contributed by atoms with Gasteiger partial charge in [-0.3, -0.25) is 4.79 Å². The SMILES string of the molecule is NCCCC(CCC[C@@H]1SC[C@@H]2NC(=O)N[C@@H]21)C(=O)O. The molecule has 1 unspecified atom stereocenters. The minimum Gasteiger partial charge on any atom is -0.481 e. The lowest BCUT2D eigenvalue weighted by Crippen LogP contribution is -2.36. The van der Waals surface area contributed by atoms with E-state index in [1.165, 1.54) is 0 Å². The fraction of sp³-hybridized carbons (Fsp3) is 0.846. The highest BCUT2D eigenvalue weighted by molar-refractivity contribution is 8.00. The largest absolute Gasteiger partial charge is 0.481 e. The third-order valence-electron chi connectivity index (χ3n) is 4.09. The number of urea groups is 1. The molecular formula is C13H23N3O3S. The van der Waals surface area contributed by atoms with Gasteiger partial charge in [-0.15, -0.1) is 0 Å². The number of aliphatic carboxylic acids is 1. The molecule has 0 radical (unpaired) electrons.